The first-order valence-corrected chi connectivity index (χ1v) is 6.09. The second kappa shape index (κ2) is 4.70. The maximum absolute atomic E-state index is 11.1. The fourth-order valence-corrected chi connectivity index (χ4v) is 2.04. The van der Waals surface area contributed by atoms with Gasteiger partial charge in [0.15, 0.2) is 11.5 Å². The summed E-state index contributed by atoms with van der Waals surface area (Å²) in [6, 6.07) is 12.7. The van der Waals surface area contributed by atoms with E-state index in [1.165, 1.54) is 6.07 Å². The highest BCUT2D eigenvalue weighted by molar-refractivity contribution is 5.87. The molecule has 0 aliphatic rings. The Morgan fingerprint density at radius 2 is 2.10 bits per heavy atom. The Morgan fingerprint density at radius 3 is 2.75 bits per heavy atom. The lowest BCUT2D eigenvalue weighted by Crippen LogP contribution is -2.02. The molecule has 3 rings (SSSR count). The summed E-state index contributed by atoms with van der Waals surface area (Å²) in [4.78, 5) is 11.1. The van der Waals surface area contributed by atoms with E-state index in [2.05, 4.69) is 5.10 Å². The Bertz CT molecular complexity index is 757. The van der Waals surface area contributed by atoms with Crippen LogP contribution in [-0.2, 0) is 0 Å². The smallest absolute Gasteiger partial charge is 0.356 e. The summed E-state index contributed by atoms with van der Waals surface area (Å²) in [5.41, 5.74) is 2.46. The lowest BCUT2D eigenvalue weighted by molar-refractivity contribution is 0.0690. The van der Waals surface area contributed by atoms with Gasteiger partial charge in [-0.15, -0.1) is 0 Å². The number of aromatic nitrogens is 2. The van der Waals surface area contributed by atoms with Crippen LogP contribution in [0.15, 0.2) is 53.1 Å². The van der Waals surface area contributed by atoms with Crippen molar-refractivity contribution in [2.24, 2.45) is 0 Å². The zero-order chi connectivity index (χ0) is 14.1. The summed E-state index contributed by atoms with van der Waals surface area (Å²) in [6.45, 7) is 1.97. The third kappa shape index (κ3) is 2.09. The van der Waals surface area contributed by atoms with Gasteiger partial charge in [0, 0.05) is 6.07 Å². The molecule has 1 aromatic carbocycles. The summed E-state index contributed by atoms with van der Waals surface area (Å²) in [6.07, 6.45) is 1.54. The molecule has 100 valence electrons. The topological polar surface area (TPSA) is 68.3 Å². The van der Waals surface area contributed by atoms with Gasteiger partial charge in [-0.1, -0.05) is 12.1 Å². The molecule has 0 aliphatic heterocycles. The summed E-state index contributed by atoms with van der Waals surface area (Å²) in [5.74, 6) is -0.490. The number of benzene rings is 1. The molecule has 0 atom stereocenters. The highest BCUT2D eigenvalue weighted by Gasteiger charge is 2.17. The van der Waals surface area contributed by atoms with Crippen LogP contribution in [-0.4, -0.2) is 20.9 Å². The molecule has 0 spiro atoms. The fourth-order valence-electron chi connectivity index (χ4n) is 2.04. The molecule has 0 aliphatic carbocycles. The summed E-state index contributed by atoms with van der Waals surface area (Å²) < 4.78 is 6.93. The summed E-state index contributed by atoms with van der Waals surface area (Å²) in [5, 5.41) is 13.2. The van der Waals surface area contributed by atoms with E-state index in [0.717, 1.165) is 11.3 Å². The fraction of sp³-hybridized carbons (Fsp3) is 0.0667. The summed E-state index contributed by atoms with van der Waals surface area (Å²) >= 11 is 0. The minimum absolute atomic E-state index is 0.0158. The number of aromatic carboxylic acids is 1. The number of carbonyl (C=O) groups is 1. The Labute approximate surface area is 115 Å². The Morgan fingerprint density at radius 1 is 1.25 bits per heavy atom. The van der Waals surface area contributed by atoms with Crippen LogP contribution in [0.2, 0.25) is 0 Å². The lowest BCUT2D eigenvalue weighted by Gasteiger charge is -2.06. The third-order valence-electron chi connectivity index (χ3n) is 2.95. The van der Waals surface area contributed by atoms with E-state index in [4.69, 9.17) is 9.52 Å². The van der Waals surface area contributed by atoms with Gasteiger partial charge in [-0.25, -0.2) is 9.48 Å². The zero-order valence-corrected chi connectivity index (χ0v) is 10.8. The van der Waals surface area contributed by atoms with Gasteiger partial charge < -0.3 is 9.52 Å². The van der Waals surface area contributed by atoms with E-state index in [1.807, 2.05) is 31.2 Å². The predicted molar refractivity (Wildman–Crippen MR) is 73.0 cm³/mol. The number of rotatable bonds is 3. The van der Waals surface area contributed by atoms with Gasteiger partial charge in [-0.3, -0.25) is 0 Å². The van der Waals surface area contributed by atoms with E-state index < -0.39 is 5.97 Å². The molecule has 0 amide bonds. The number of nitrogens with zero attached hydrogens (tertiary/aromatic N) is 2. The van der Waals surface area contributed by atoms with Gasteiger partial charge in [-0.2, -0.15) is 5.10 Å². The van der Waals surface area contributed by atoms with Gasteiger partial charge in [0.25, 0.3) is 0 Å². The lowest BCUT2D eigenvalue weighted by atomic mass is 10.2. The van der Waals surface area contributed by atoms with Crippen LogP contribution < -0.4 is 0 Å². The van der Waals surface area contributed by atoms with Crippen molar-refractivity contribution in [2.75, 3.05) is 0 Å². The maximum Gasteiger partial charge on any atom is 0.356 e. The average Bonchev–Trinajstić information content (AvgIpc) is 3.07. The van der Waals surface area contributed by atoms with Crippen LogP contribution in [0.1, 0.15) is 16.1 Å². The maximum atomic E-state index is 11.1. The van der Waals surface area contributed by atoms with Crippen molar-refractivity contribution in [3.8, 4) is 17.1 Å². The number of carboxylic acids is 1. The van der Waals surface area contributed by atoms with Crippen molar-refractivity contribution in [3.63, 3.8) is 0 Å². The van der Waals surface area contributed by atoms with Gasteiger partial charge in [0.1, 0.15) is 5.69 Å². The molecule has 0 unspecified atom stereocenters. The van der Waals surface area contributed by atoms with Crippen LogP contribution in [0.4, 0.5) is 0 Å². The van der Waals surface area contributed by atoms with Crippen LogP contribution >= 0.6 is 0 Å². The first-order valence-electron chi connectivity index (χ1n) is 6.09. The van der Waals surface area contributed by atoms with Crippen molar-refractivity contribution in [1.29, 1.82) is 0 Å². The predicted octanol–water partition coefficient (Wildman–Crippen LogP) is 3.14. The van der Waals surface area contributed by atoms with Crippen molar-refractivity contribution in [3.05, 3.63) is 60.0 Å². The quantitative estimate of drug-likeness (QED) is 0.792. The largest absolute Gasteiger partial charge is 0.476 e. The molecule has 3 aromatic rings. The molecule has 0 saturated carbocycles. The molecule has 0 radical (unpaired) electrons. The zero-order valence-electron chi connectivity index (χ0n) is 10.8. The van der Waals surface area contributed by atoms with Crippen molar-refractivity contribution in [1.82, 2.24) is 9.78 Å². The molecule has 0 bridgehead atoms. The second-order valence-corrected chi connectivity index (χ2v) is 4.45. The van der Waals surface area contributed by atoms with Gasteiger partial charge in [-0.05, 0) is 36.8 Å². The highest BCUT2D eigenvalue weighted by Crippen LogP contribution is 2.24. The highest BCUT2D eigenvalue weighted by atomic mass is 16.4. The Kier molecular flexibility index (Phi) is 2.87. The van der Waals surface area contributed by atoms with Gasteiger partial charge >= 0.3 is 5.97 Å². The van der Waals surface area contributed by atoms with Gasteiger partial charge in [0.05, 0.1) is 12.0 Å². The second-order valence-electron chi connectivity index (χ2n) is 4.45. The first kappa shape index (κ1) is 12.2. The number of hydrogen-bond acceptors (Lipinski definition) is 3. The monoisotopic (exact) mass is 268 g/mol. The van der Waals surface area contributed by atoms with Crippen LogP contribution in [0.3, 0.4) is 0 Å². The van der Waals surface area contributed by atoms with E-state index in [1.54, 1.807) is 23.1 Å². The van der Waals surface area contributed by atoms with E-state index in [-0.39, 0.29) is 5.69 Å². The minimum atomic E-state index is -1.07. The average molecular weight is 268 g/mol. The molecule has 2 aromatic heterocycles. The molecular weight excluding hydrogens is 256 g/mol. The minimum Gasteiger partial charge on any atom is -0.476 e. The van der Waals surface area contributed by atoms with Crippen molar-refractivity contribution < 1.29 is 14.3 Å². The Balaban J connectivity index is 2.21. The van der Waals surface area contributed by atoms with Crippen molar-refractivity contribution in [2.45, 2.75) is 6.92 Å². The number of aryl methyl sites for hydroxylation is 1. The standard InChI is InChI=1S/C15H12N2O3/c1-10-4-2-5-11(8-10)17-13(14-6-3-7-20-14)9-12(16-17)15(18)19/h2-9H,1H3,(H,18,19). The third-order valence-corrected chi connectivity index (χ3v) is 2.95. The van der Waals surface area contributed by atoms with E-state index in [0.29, 0.717) is 11.5 Å². The SMILES string of the molecule is Cc1cccc(-n2nc(C(=O)O)cc2-c2ccco2)c1. The molecule has 5 heteroatoms. The molecule has 5 nitrogen and oxygen atoms in total. The van der Waals surface area contributed by atoms with E-state index in [9.17, 15) is 4.79 Å². The van der Waals surface area contributed by atoms with E-state index >= 15 is 0 Å². The summed E-state index contributed by atoms with van der Waals surface area (Å²) in [7, 11) is 0. The van der Waals surface area contributed by atoms with Gasteiger partial charge in [0.2, 0.25) is 0 Å². The molecular formula is C15H12N2O3. The molecule has 2 heterocycles. The molecule has 20 heavy (non-hydrogen) atoms. The molecule has 1 N–H and O–H groups in total. The molecule has 0 fully saturated rings. The number of carboxylic acid groups (broad SMARTS) is 1. The first-order chi connectivity index (χ1) is 9.65. The Hall–Kier alpha value is -2.82. The van der Waals surface area contributed by atoms with Crippen molar-refractivity contribution >= 4 is 5.97 Å². The number of furan rings is 1. The number of hydrogen-bond donors (Lipinski definition) is 1. The van der Waals surface area contributed by atoms with Crippen LogP contribution in [0.5, 0.6) is 0 Å². The van der Waals surface area contributed by atoms with Crippen LogP contribution in [0.25, 0.3) is 17.1 Å². The molecule has 0 saturated heterocycles. The van der Waals surface area contributed by atoms with Crippen LogP contribution in [0, 0.1) is 6.92 Å². The normalized spacial score (nSPS) is 10.7.